The van der Waals surface area contributed by atoms with Gasteiger partial charge in [0.25, 0.3) is 10.0 Å². The second-order valence-electron chi connectivity index (χ2n) is 6.76. The van der Waals surface area contributed by atoms with Crippen LogP contribution in [0.3, 0.4) is 0 Å². The molecule has 24 heavy (non-hydrogen) atoms. The van der Waals surface area contributed by atoms with E-state index < -0.39 is 16.1 Å². The molecule has 2 aliphatic rings. The maximum atomic E-state index is 12.6. The van der Waals surface area contributed by atoms with Crippen molar-refractivity contribution in [1.29, 1.82) is 0 Å². The second-order valence-corrected chi connectivity index (χ2v) is 8.41. The average molecular weight is 349 g/mol. The fourth-order valence-electron chi connectivity index (χ4n) is 3.24. The van der Waals surface area contributed by atoms with Gasteiger partial charge in [0.1, 0.15) is 11.9 Å². The lowest BCUT2D eigenvalue weighted by Crippen LogP contribution is -2.42. The first-order valence-corrected chi connectivity index (χ1v) is 9.87. The van der Waals surface area contributed by atoms with Gasteiger partial charge in [0.15, 0.2) is 0 Å². The molecule has 0 radical (unpaired) electrons. The zero-order chi connectivity index (χ0) is 17.3. The van der Waals surface area contributed by atoms with E-state index in [4.69, 9.17) is 0 Å². The summed E-state index contributed by atoms with van der Waals surface area (Å²) in [4.78, 5) is 17.3. The summed E-state index contributed by atoms with van der Waals surface area (Å²) in [5, 5.41) is 3.06. The highest BCUT2D eigenvalue weighted by Crippen LogP contribution is 2.24. The third kappa shape index (κ3) is 3.31. The van der Waals surface area contributed by atoms with Gasteiger partial charge in [-0.1, -0.05) is 38.8 Å². The molecule has 1 aliphatic heterocycles. The molecule has 0 aromatic heterocycles. The van der Waals surface area contributed by atoms with E-state index in [0.717, 1.165) is 25.7 Å². The summed E-state index contributed by atoms with van der Waals surface area (Å²) in [6, 6.07) is 6.29. The van der Waals surface area contributed by atoms with E-state index in [1.54, 1.807) is 24.3 Å². The van der Waals surface area contributed by atoms with Gasteiger partial charge in [-0.25, -0.2) is 8.42 Å². The number of aliphatic imine (C=N–C) groups is 1. The van der Waals surface area contributed by atoms with Crippen LogP contribution in [0.2, 0.25) is 0 Å². The van der Waals surface area contributed by atoms with Gasteiger partial charge in [-0.2, -0.15) is 0 Å². The van der Waals surface area contributed by atoms with Crippen LogP contribution in [-0.2, 0) is 14.8 Å². The number of fused-ring (bicyclic) bond motifs is 1. The minimum absolute atomic E-state index is 0.0313. The minimum atomic E-state index is -3.59. The van der Waals surface area contributed by atoms with Crippen LogP contribution in [0, 0.1) is 5.92 Å². The van der Waals surface area contributed by atoms with Crippen molar-refractivity contribution in [1.82, 2.24) is 10.0 Å². The van der Waals surface area contributed by atoms with E-state index in [1.165, 1.54) is 0 Å². The van der Waals surface area contributed by atoms with Crippen molar-refractivity contribution < 1.29 is 13.2 Å². The Balaban J connectivity index is 1.88. The molecule has 0 unspecified atom stereocenters. The third-order valence-corrected chi connectivity index (χ3v) is 5.93. The zero-order valence-electron chi connectivity index (χ0n) is 14.0. The van der Waals surface area contributed by atoms with Crippen molar-refractivity contribution in [3.8, 4) is 0 Å². The van der Waals surface area contributed by atoms with Gasteiger partial charge in [-0.05, 0) is 30.9 Å². The predicted molar refractivity (Wildman–Crippen MR) is 92.3 cm³/mol. The molecule has 3 rings (SSSR count). The van der Waals surface area contributed by atoms with Gasteiger partial charge in [-0.15, -0.1) is 0 Å². The van der Waals surface area contributed by atoms with Crippen molar-refractivity contribution in [2.75, 3.05) is 0 Å². The van der Waals surface area contributed by atoms with Crippen molar-refractivity contribution in [2.24, 2.45) is 10.9 Å². The number of hydrogen-bond donors (Lipinski definition) is 2. The molecule has 1 aliphatic carbocycles. The smallest absolute Gasteiger partial charge is 0.263 e. The Labute approximate surface area is 142 Å². The SMILES string of the molecule is CC(C)[C@@H](N=C1NS(=O)(=O)c2ccccc21)C(=O)NC1CCCC1. The summed E-state index contributed by atoms with van der Waals surface area (Å²) < 4.78 is 26.8. The fraction of sp³-hybridized carbons (Fsp3) is 0.529. The molecule has 0 saturated heterocycles. The first kappa shape index (κ1) is 17.0. The summed E-state index contributed by atoms with van der Waals surface area (Å²) >= 11 is 0. The lowest BCUT2D eigenvalue weighted by Gasteiger charge is -2.20. The van der Waals surface area contributed by atoms with Crippen LogP contribution in [0.15, 0.2) is 34.2 Å². The highest BCUT2D eigenvalue weighted by molar-refractivity contribution is 7.90. The van der Waals surface area contributed by atoms with Crippen LogP contribution in [0.25, 0.3) is 0 Å². The quantitative estimate of drug-likeness (QED) is 0.869. The number of rotatable bonds is 4. The van der Waals surface area contributed by atoms with Gasteiger partial charge >= 0.3 is 0 Å². The maximum absolute atomic E-state index is 12.6. The molecule has 1 aromatic carbocycles. The van der Waals surface area contributed by atoms with Crippen molar-refractivity contribution >= 4 is 21.8 Å². The number of amides is 1. The number of amidine groups is 1. The summed E-state index contributed by atoms with van der Waals surface area (Å²) in [7, 11) is -3.59. The van der Waals surface area contributed by atoms with E-state index in [0.29, 0.717) is 5.56 Å². The van der Waals surface area contributed by atoms with E-state index in [9.17, 15) is 13.2 Å². The number of sulfonamides is 1. The van der Waals surface area contributed by atoms with Crippen molar-refractivity contribution in [3.63, 3.8) is 0 Å². The van der Waals surface area contributed by atoms with Gasteiger partial charge < -0.3 is 5.32 Å². The van der Waals surface area contributed by atoms with Gasteiger partial charge in [-0.3, -0.25) is 14.5 Å². The molecule has 1 fully saturated rings. The van der Waals surface area contributed by atoms with Crippen LogP contribution in [-0.4, -0.2) is 32.2 Å². The Bertz CT molecular complexity index is 765. The second kappa shape index (κ2) is 6.55. The number of nitrogens with one attached hydrogen (secondary N) is 2. The highest BCUT2D eigenvalue weighted by Gasteiger charge is 2.33. The Morgan fingerprint density at radius 1 is 1.25 bits per heavy atom. The zero-order valence-corrected chi connectivity index (χ0v) is 14.8. The molecule has 130 valence electrons. The molecule has 0 spiro atoms. The molecule has 1 heterocycles. The molecule has 1 saturated carbocycles. The Kier molecular flexibility index (Phi) is 4.62. The first-order valence-electron chi connectivity index (χ1n) is 8.39. The molecule has 0 bridgehead atoms. The average Bonchev–Trinajstić information content (AvgIpc) is 3.11. The number of nitrogens with zero attached hydrogens (tertiary/aromatic N) is 1. The molecular weight excluding hydrogens is 326 g/mol. The topological polar surface area (TPSA) is 87.6 Å². The van der Waals surface area contributed by atoms with Crippen LogP contribution in [0.5, 0.6) is 0 Å². The monoisotopic (exact) mass is 349 g/mol. The first-order chi connectivity index (χ1) is 11.4. The van der Waals surface area contributed by atoms with Gasteiger partial charge in [0.05, 0.1) is 4.90 Å². The largest absolute Gasteiger partial charge is 0.352 e. The Morgan fingerprint density at radius 2 is 1.92 bits per heavy atom. The predicted octanol–water partition coefficient (Wildman–Crippen LogP) is 1.81. The maximum Gasteiger partial charge on any atom is 0.263 e. The highest BCUT2D eigenvalue weighted by atomic mass is 32.2. The Hall–Kier alpha value is -1.89. The summed E-state index contributed by atoms with van der Waals surface area (Å²) in [6.07, 6.45) is 4.28. The van der Waals surface area contributed by atoms with Crippen molar-refractivity contribution in [3.05, 3.63) is 29.8 Å². The molecule has 2 N–H and O–H groups in total. The van der Waals surface area contributed by atoms with Crippen molar-refractivity contribution in [2.45, 2.75) is 56.5 Å². The molecular formula is C17H23N3O3S. The number of carbonyl (C=O) groups excluding carboxylic acids is 1. The van der Waals surface area contributed by atoms with E-state index >= 15 is 0 Å². The number of hydrogen-bond acceptors (Lipinski definition) is 4. The Morgan fingerprint density at radius 3 is 2.58 bits per heavy atom. The van der Waals surface area contributed by atoms with E-state index in [1.807, 2.05) is 13.8 Å². The summed E-state index contributed by atoms with van der Waals surface area (Å²) in [5.74, 6) is 0.0926. The molecule has 1 atom stereocenters. The standard InChI is InChI=1S/C17H23N3O3S/c1-11(2)15(17(21)18-12-7-3-4-8-12)19-16-13-9-5-6-10-14(13)24(22,23)20-16/h5-6,9-12,15H,3-4,7-8H2,1-2H3,(H,18,21)(H,19,20)/t15-/m1/s1. The number of carbonyl (C=O) groups is 1. The van der Waals surface area contributed by atoms with E-state index in [-0.39, 0.29) is 28.6 Å². The lowest BCUT2D eigenvalue weighted by atomic mass is 10.0. The van der Waals surface area contributed by atoms with E-state index in [2.05, 4.69) is 15.0 Å². The van der Waals surface area contributed by atoms with Gasteiger partial charge in [0.2, 0.25) is 5.91 Å². The minimum Gasteiger partial charge on any atom is -0.352 e. The molecule has 7 heteroatoms. The van der Waals surface area contributed by atoms with Crippen LogP contribution >= 0.6 is 0 Å². The lowest BCUT2D eigenvalue weighted by molar-refractivity contribution is -0.123. The molecule has 1 amide bonds. The summed E-state index contributed by atoms with van der Waals surface area (Å²) in [6.45, 7) is 3.83. The van der Waals surface area contributed by atoms with Crippen LogP contribution in [0.1, 0.15) is 45.1 Å². The molecule has 1 aromatic rings. The normalized spacial score (nSPS) is 22.4. The molecule has 6 nitrogen and oxygen atoms in total. The number of benzene rings is 1. The van der Waals surface area contributed by atoms with Gasteiger partial charge in [0, 0.05) is 11.6 Å². The third-order valence-electron chi connectivity index (χ3n) is 4.53. The summed E-state index contributed by atoms with van der Waals surface area (Å²) in [5.41, 5.74) is 0.525. The fourth-order valence-corrected chi connectivity index (χ4v) is 4.48. The van der Waals surface area contributed by atoms with Crippen LogP contribution < -0.4 is 10.0 Å². The van der Waals surface area contributed by atoms with Crippen LogP contribution in [0.4, 0.5) is 0 Å².